The van der Waals surface area contributed by atoms with Gasteiger partial charge in [-0.1, -0.05) is 20.3 Å². The van der Waals surface area contributed by atoms with Crippen molar-refractivity contribution in [3.8, 4) is 0 Å². The van der Waals surface area contributed by atoms with Crippen LogP contribution in [-0.2, 0) is 23.1 Å². The Morgan fingerprint density at radius 3 is 2.56 bits per heavy atom. The van der Waals surface area contributed by atoms with Crippen molar-refractivity contribution < 1.29 is 23.1 Å². The Labute approximate surface area is 111 Å². The summed E-state index contributed by atoms with van der Waals surface area (Å²) < 4.78 is 27.2. The predicted octanol–water partition coefficient (Wildman–Crippen LogP) is 2.60. The predicted molar refractivity (Wildman–Crippen MR) is 70.3 cm³/mol. The Balaban J connectivity index is 1.98. The van der Waals surface area contributed by atoms with E-state index < -0.39 is 8.56 Å². The molecule has 5 nitrogen and oxygen atoms in total. The van der Waals surface area contributed by atoms with Crippen LogP contribution in [0.2, 0.25) is 12.6 Å². The highest BCUT2D eigenvalue weighted by Gasteiger charge is 2.30. The van der Waals surface area contributed by atoms with Gasteiger partial charge in [0, 0.05) is 13.5 Å². The molecule has 0 bridgehead atoms. The molecule has 108 valence electrons. The highest BCUT2D eigenvalue weighted by molar-refractivity contribution is 6.65. The van der Waals surface area contributed by atoms with Gasteiger partial charge in [-0.2, -0.15) is 0 Å². The maximum atomic E-state index is 5.67. The van der Waals surface area contributed by atoms with E-state index >= 15 is 0 Å². The van der Waals surface area contributed by atoms with Gasteiger partial charge in [0.05, 0.1) is 6.10 Å². The topological polar surface area (TPSA) is 46.2 Å². The van der Waals surface area contributed by atoms with Crippen molar-refractivity contribution >= 4 is 8.56 Å². The summed E-state index contributed by atoms with van der Waals surface area (Å²) in [6, 6.07) is 0.970. The van der Waals surface area contributed by atoms with Gasteiger partial charge in [-0.05, 0) is 19.0 Å². The van der Waals surface area contributed by atoms with Crippen LogP contribution in [0.4, 0.5) is 0 Å². The quantitative estimate of drug-likeness (QED) is 0.349. The molecular weight excluding hydrogens is 252 g/mol. The second-order valence-corrected chi connectivity index (χ2v) is 8.13. The molecule has 3 atom stereocenters. The minimum absolute atomic E-state index is 0.100. The molecule has 0 radical (unpaired) electrons. The van der Waals surface area contributed by atoms with Gasteiger partial charge in [0.1, 0.15) is 6.79 Å². The van der Waals surface area contributed by atoms with Crippen LogP contribution >= 0.6 is 0 Å². The summed E-state index contributed by atoms with van der Waals surface area (Å²) in [5, 5.41) is 0. The second kappa shape index (κ2) is 8.24. The number of hydrogen-bond acceptors (Lipinski definition) is 5. The third-order valence-corrected chi connectivity index (χ3v) is 6.18. The molecule has 1 fully saturated rings. The van der Waals surface area contributed by atoms with E-state index in [4.69, 9.17) is 23.1 Å². The molecule has 1 saturated heterocycles. The number of rotatable bonds is 10. The summed E-state index contributed by atoms with van der Waals surface area (Å²) in [6.45, 7) is 6.70. The molecule has 1 heterocycles. The maximum absolute atomic E-state index is 5.67. The van der Waals surface area contributed by atoms with Gasteiger partial charge in [0.2, 0.25) is 0 Å². The molecule has 1 rings (SSSR count). The zero-order valence-corrected chi connectivity index (χ0v) is 12.9. The molecule has 0 aromatic carbocycles. The average Bonchev–Trinajstić information content (AvgIpc) is 2.31. The van der Waals surface area contributed by atoms with Crippen LogP contribution in [0.5, 0.6) is 0 Å². The molecule has 0 saturated carbocycles. The van der Waals surface area contributed by atoms with Crippen LogP contribution in [0.3, 0.4) is 0 Å². The van der Waals surface area contributed by atoms with Gasteiger partial charge in [0.25, 0.3) is 0 Å². The first-order chi connectivity index (χ1) is 8.63. The minimum Gasteiger partial charge on any atom is -0.398 e. The van der Waals surface area contributed by atoms with Crippen molar-refractivity contribution in [1.82, 2.24) is 0 Å². The zero-order chi connectivity index (χ0) is 13.4. The fourth-order valence-corrected chi connectivity index (χ4v) is 3.51. The van der Waals surface area contributed by atoms with Gasteiger partial charge in [-0.3, -0.25) is 0 Å². The van der Waals surface area contributed by atoms with Crippen molar-refractivity contribution in [2.75, 3.05) is 20.7 Å². The van der Waals surface area contributed by atoms with Crippen molar-refractivity contribution in [3.63, 3.8) is 0 Å². The number of hydrogen-bond donors (Lipinski definition) is 0. The normalized spacial score (nSPS) is 26.7. The van der Waals surface area contributed by atoms with Crippen LogP contribution in [0.15, 0.2) is 0 Å². The van der Waals surface area contributed by atoms with Gasteiger partial charge in [-0.15, -0.1) is 0 Å². The first-order valence-electron chi connectivity index (χ1n) is 6.67. The Kier molecular flexibility index (Phi) is 7.36. The molecule has 6 heteroatoms. The van der Waals surface area contributed by atoms with Gasteiger partial charge in [-0.25, -0.2) is 0 Å². The SMILES string of the molecule is CCC[Si](C)(OC)OCOCOC1CC(CC)O1. The van der Waals surface area contributed by atoms with Crippen LogP contribution < -0.4 is 0 Å². The lowest BCUT2D eigenvalue weighted by Crippen LogP contribution is -2.40. The standard InChI is InChI=1S/C12H26O5Si/c1-5-7-18(4,13-3)16-10-14-9-15-12-8-11(6-2)17-12/h11-12H,5-10H2,1-4H3. The monoisotopic (exact) mass is 278 g/mol. The summed E-state index contributed by atoms with van der Waals surface area (Å²) in [5.74, 6) is 0. The second-order valence-electron chi connectivity index (χ2n) is 4.67. The van der Waals surface area contributed by atoms with E-state index in [0.29, 0.717) is 6.10 Å². The average molecular weight is 278 g/mol. The van der Waals surface area contributed by atoms with E-state index in [0.717, 1.165) is 25.3 Å². The van der Waals surface area contributed by atoms with E-state index in [-0.39, 0.29) is 19.9 Å². The molecule has 18 heavy (non-hydrogen) atoms. The Bertz CT molecular complexity index is 223. The highest BCUT2D eigenvalue weighted by Crippen LogP contribution is 2.23. The third-order valence-electron chi connectivity index (χ3n) is 3.18. The van der Waals surface area contributed by atoms with E-state index in [1.54, 1.807) is 7.11 Å². The summed E-state index contributed by atoms with van der Waals surface area (Å²) >= 11 is 0. The zero-order valence-electron chi connectivity index (χ0n) is 11.9. The molecule has 0 spiro atoms. The molecule has 1 aliphatic rings. The van der Waals surface area contributed by atoms with Crippen molar-refractivity contribution in [3.05, 3.63) is 0 Å². The Hall–Kier alpha value is 0.0169. The van der Waals surface area contributed by atoms with Crippen LogP contribution in [-0.4, -0.2) is 41.7 Å². The third kappa shape index (κ3) is 5.34. The molecule has 3 unspecified atom stereocenters. The molecule has 0 amide bonds. The number of ether oxygens (including phenoxy) is 3. The van der Waals surface area contributed by atoms with E-state index in [2.05, 4.69) is 13.8 Å². The fourth-order valence-electron chi connectivity index (χ4n) is 1.80. The van der Waals surface area contributed by atoms with Gasteiger partial charge in [0.15, 0.2) is 13.1 Å². The molecular formula is C12H26O5Si. The van der Waals surface area contributed by atoms with Gasteiger partial charge >= 0.3 is 8.56 Å². The highest BCUT2D eigenvalue weighted by atomic mass is 28.4. The van der Waals surface area contributed by atoms with E-state index in [1.165, 1.54) is 0 Å². The fraction of sp³-hybridized carbons (Fsp3) is 1.00. The summed E-state index contributed by atoms with van der Waals surface area (Å²) in [7, 11) is -0.324. The molecule has 1 aliphatic heterocycles. The first kappa shape index (κ1) is 16.1. The Morgan fingerprint density at radius 1 is 1.28 bits per heavy atom. The van der Waals surface area contributed by atoms with Crippen molar-refractivity contribution in [2.45, 2.75) is 58.1 Å². The lowest BCUT2D eigenvalue weighted by atomic mass is 10.1. The van der Waals surface area contributed by atoms with Crippen LogP contribution in [0.1, 0.15) is 33.1 Å². The lowest BCUT2D eigenvalue weighted by Gasteiger charge is -2.34. The van der Waals surface area contributed by atoms with Crippen molar-refractivity contribution in [1.29, 1.82) is 0 Å². The molecule has 0 aromatic rings. The van der Waals surface area contributed by atoms with Crippen LogP contribution in [0, 0.1) is 0 Å². The van der Waals surface area contributed by atoms with E-state index in [1.807, 2.05) is 6.55 Å². The molecule has 0 N–H and O–H groups in total. The lowest BCUT2D eigenvalue weighted by molar-refractivity contribution is -0.288. The van der Waals surface area contributed by atoms with Crippen LogP contribution in [0.25, 0.3) is 0 Å². The smallest absolute Gasteiger partial charge is 0.336 e. The van der Waals surface area contributed by atoms with E-state index in [9.17, 15) is 0 Å². The molecule has 0 aliphatic carbocycles. The minimum atomic E-state index is -2.02. The summed E-state index contributed by atoms with van der Waals surface area (Å²) in [5.41, 5.74) is 0. The van der Waals surface area contributed by atoms with Gasteiger partial charge < -0.3 is 23.1 Å². The maximum Gasteiger partial charge on any atom is 0.336 e. The summed E-state index contributed by atoms with van der Waals surface area (Å²) in [4.78, 5) is 0. The first-order valence-corrected chi connectivity index (χ1v) is 9.19. The molecule has 0 aromatic heterocycles. The largest absolute Gasteiger partial charge is 0.398 e. The van der Waals surface area contributed by atoms with Crippen molar-refractivity contribution in [2.24, 2.45) is 0 Å². The Morgan fingerprint density at radius 2 is 2.00 bits per heavy atom. The summed E-state index contributed by atoms with van der Waals surface area (Å²) in [6.07, 6.45) is 3.32.